The Labute approximate surface area is 207 Å². The lowest BCUT2D eigenvalue weighted by atomic mass is 9.77. The lowest BCUT2D eigenvalue weighted by Gasteiger charge is -2.32. The number of aryl methyl sites for hydroxylation is 1. The molecule has 35 heavy (non-hydrogen) atoms. The Morgan fingerprint density at radius 1 is 0.971 bits per heavy atom. The third kappa shape index (κ3) is 7.70. The van der Waals surface area contributed by atoms with E-state index in [0.29, 0.717) is 12.8 Å². The van der Waals surface area contributed by atoms with Crippen LogP contribution in [0.2, 0.25) is 0 Å². The van der Waals surface area contributed by atoms with Gasteiger partial charge in [0.1, 0.15) is 6.61 Å². The summed E-state index contributed by atoms with van der Waals surface area (Å²) >= 11 is 0. The van der Waals surface area contributed by atoms with Crippen LogP contribution in [0.5, 0.6) is 0 Å². The van der Waals surface area contributed by atoms with Crippen molar-refractivity contribution in [2.75, 3.05) is 6.54 Å². The van der Waals surface area contributed by atoms with Gasteiger partial charge in [0, 0.05) is 13.0 Å². The fraction of sp³-hybridized carbons (Fsp3) is 0.407. The Morgan fingerprint density at radius 2 is 1.60 bits per heavy atom. The first-order valence-corrected chi connectivity index (χ1v) is 11.9. The van der Waals surface area contributed by atoms with Crippen molar-refractivity contribution in [3.05, 3.63) is 76.8 Å². The van der Waals surface area contributed by atoms with E-state index >= 15 is 0 Å². The molecule has 1 heterocycles. The lowest BCUT2D eigenvalue weighted by molar-refractivity contribution is -0.137. The average molecular weight is 479 g/mol. The van der Waals surface area contributed by atoms with E-state index in [9.17, 15) is 9.59 Å². The van der Waals surface area contributed by atoms with Gasteiger partial charge in [0.05, 0.1) is 11.2 Å². The van der Waals surface area contributed by atoms with E-state index in [2.05, 4.69) is 5.32 Å². The highest BCUT2D eigenvalue weighted by Crippen LogP contribution is 2.38. The molecule has 0 bridgehead atoms. The quantitative estimate of drug-likeness (QED) is 0.464. The first kappa shape index (κ1) is 26.5. The molecule has 8 heteroatoms. The standard InChI is InChI=1S/C27H34BNO6/c1-26(2)27(3,4)35-28(34-26)23(18-29-25(32)33-19-22-9-6-5-7-10-22)17-21-15-13-20(14-16-21)11-8-12-24(30)31/h5-7,9-10,13-17H,8,11-12,18-19H2,1-4H3,(H,29,32)(H,30,31). The van der Waals surface area contributed by atoms with Crippen LogP contribution >= 0.6 is 0 Å². The van der Waals surface area contributed by atoms with Gasteiger partial charge in [-0.2, -0.15) is 0 Å². The summed E-state index contributed by atoms with van der Waals surface area (Å²) in [5.41, 5.74) is 2.64. The molecule has 1 aliphatic rings. The maximum absolute atomic E-state index is 12.4. The second kappa shape index (κ2) is 11.6. The van der Waals surface area contributed by atoms with Crippen molar-refractivity contribution >= 4 is 25.3 Å². The molecule has 0 aliphatic carbocycles. The molecule has 1 amide bonds. The molecule has 3 rings (SSSR count). The van der Waals surface area contributed by atoms with Gasteiger partial charge in [0.2, 0.25) is 0 Å². The third-order valence-corrected chi connectivity index (χ3v) is 6.39. The number of hydrogen-bond donors (Lipinski definition) is 2. The molecule has 0 spiro atoms. The highest BCUT2D eigenvalue weighted by molar-refractivity contribution is 6.56. The molecular formula is C27H34BNO6. The summed E-state index contributed by atoms with van der Waals surface area (Å²) in [7, 11) is -0.621. The van der Waals surface area contributed by atoms with Crippen molar-refractivity contribution < 1.29 is 28.7 Å². The van der Waals surface area contributed by atoms with Crippen LogP contribution in [0.1, 0.15) is 57.2 Å². The van der Waals surface area contributed by atoms with Crippen molar-refractivity contribution in [3.63, 3.8) is 0 Å². The molecule has 7 nitrogen and oxygen atoms in total. The SMILES string of the molecule is CC1(C)OB(C(=Cc2ccc(CCCC(=O)O)cc2)CNC(=O)OCc2ccccc2)OC1(C)C. The van der Waals surface area contributed by atoms with E-state index in [1.54, 1.807) is 0 Å². The summed E-state index contributed by atoms with van der Waals surface area (Å²) in [6, 6.07) is 17.4. The molecule has 0 saturated carbocycles. The monoisotopic (exact) mass is 479 g/mol. The number of alkyl carbamates (subject to hydrolysis) is 1. The number of amides is 1. The summed E-state index contributed by atoms with van der Waals surface area (Å²) in [6.45, 7) is 8.32. The number of aliphatic carboxylic acids is 1. The highest BCUT2D eigenvalue weighted by Gasteiger charge is 2.52. The van der Waals surface area contributed by atoms with E-state index in [0.717, 1.165) is 22.2 Å². The Bertz CT molecular complexity index is 1020. The summed E-state index contributed by atoms with van der Waals surface area (Å²) in [4.78, 5) is 23.1. The molecular weight excluding hydrogens is 445 g/mol. The van der Waals surface area contributed by atoms with Gasteiger partial charge in [-0.15, -0.1) is 0 Å². The van der Waals surface area contributed by atoms with Gasteiger partial charge in [0.25, 0.3) is 0 Å². The van der Waals surface area contributed by atoms with Crippen LogP contribution in [0.4, 0.5) is 4.79 Å². The number of nitrogens with one attached hydrogen (secondary N) is 1. The van der Waals surface area contributed by atoms with Crippen LogP contribution in [0.25, 0.3) is 6.08 Å². The maximum Gasteiger partial charge on any atom is 0.492 e. The molecule has 2 aromatic rings. The number of benzene rings is 2. The number of ether oxygens (including phenoxy) is 1. The van der Waals surface area contributed by atoms with Crippen molar-refractivity contribution in [1.29, 1.82) is 0 Å². The van der Waals surface area contributed by atoms with E-state index in [4.69, 9.17) is 19.2 Å². The van der Waals surface area contributed by atoms with E-state index in [1.165, 1.54) is 0 Å². The van der Waals surface area contributed by atoms with Gasteiger partial charge in [-0.05, 0) is 62.7 Å². The largest absolute Gasteiger partial charge is 0.492 e. The molecule has 1 fully saturated rings. The first-order valence-electron chi connectivity index (χ1n) is 11.9. The van der Waals surface area contributed by atoms with Gasteiger partial charge < -0.3 is 24.5 Å². The van der Waals surface area contributed by atoms with Crippen LogP contribution in [0, 0.1) is 0 Å². The number of carboxylic acids is 1. The van der Waals surface area contributed by atoms with E-state index < -0.39 is 30.4 Å². The number of carboxylic acid groups (broad SMARTS) is 1. The lowest BCUT2D eigenvalue weighted by Crippen LogP contribution is -2.41. The molecule has 2 aromatic carbocycles. The minimum atomic E-state index is -0.786. The predicted molar refractivity (Wildman–Crippen MR) is 136 cm³/mol. The average Bonchev–Trinajstić information content (AvgIpc) is 3.03. The summed E-state index contributed by atoms with van der Waals surface area (Å²) < 4.78 is 17.8. The van der Waals surface area contributed by atoms with Gasteiger partial charge >= 0.3 is 19.2 Å². The second-order valence-corrected chi connectivity index (χ2v) is 9.71. The zero-order valence-corrected chi connectivity index (χ0v) is 20.9. The van der Waals surface area contributed by atoms with Crippen LogP contribution in [-0.2, 0) is 31.9 Å². The van der Waals surface area contributed by atoms with Gasteiger partial charge in [-0.3, -0.25) is 4.79 Å². The Kier molecular flexibility index (Phi) is 8.75. The van der Waals surface area contributed by atoms with Crippen LogP contribution in [-0.4, -0.2) is 42.0 Å². The maximum atomic E-state index is 12.4. The van der Waals surface area contributed by atoms with Gasteiger partial charge in [-0.25, -0.2) is 4.79 Å². The van der Waals surface area contributed by atoms with Crippen LogP contribution in [0.3, 0.4) is 0 Å². The number of carbonyl (C=O) groups is 2. The predicted octanol–water partition coefficient (Wildman–Crippen LogP) is 5.04. The van der Waals surface area contributed by atoms with Gasteiger partial charge in [-0.1, -0.05) is 60.7 Å². The molecule has 186 valence electrons. The number of rotatable bonds is 10. The van der Waals surface area contributed by atoms with E-state index in [-0.39, 0.29) is 19.6 Å². The number of carbonyl (C=O) groups excluding carboxylic acids is 1. The molecule has 1 aliphatic heterocycles. The van der Waals surface area contributed by atoms with Crippen LogP contribution < -0.4 is 5.32 Å². The normalized spacial score (nSPS) is 16.7. The summed E-state index contributed by atoms with van der Waals surface area (Å²) in [5.74, 6) is -0.786. The minimum absolute atomic E-state index is 0.153. The number of hydrogen-bond acceptors (Lipinski definition) is 5. The van der Waals surface area contributed by atoms with Crippen molar-refractivity contribution in [2.24, 2.45) is 0 Å². The summed E-state index contributed by atoms with van der Waals surface area (Å²) in [5, 5.41) is 11.6. The third-order valence-electron chi connectivity index (χ3n) is 6.39. The molecule has 1 saturated heterocycles. The molecule has 0 radical (unpaired) electrons. The fourth-order valence-corrected chi connectivity index (χ4v) is 3.58. The Hall–Kier alpha value is -3.10. The first-order chi connectivity index (χ1) is 16.6. The Morgan fingerprint density at radius 3 is 2.20 bits per heavy atom. The zero-order chi connectivity index (χ0) is 25.5. The van der Waals surface area contributed by atoms with E-state index in [1.807, 2.05) is 88.4 Å². The molecule has 2 N–H and O–H groups in total. The second-order valence-electron chi connectivity index (χ2n) is 9.71. The van der Waals surface area contributed by atoms with Crippen molar-refractivity contribution in [3.8, 4) is 0 Å². The smallest absolute Gasteiger partial charge is 0.481 e. The highest BCUT2D eigenvalue weighted by atomic mass is 16.7. The van der Waals surface area contributed by atoms with Crippen LogP contribution in [0.15, 0.2) is 60.1 Å². The summed E-state index contributed by atoms with van der Waals surface area (Å²) in [6.07, 6.45) is 2.87. The molecule has 0 unspecified atom stereocenters. The minimum Gasteiger partial charge on any atom is -0.481 e. The molecule has 0 atom stereocenters. The molecule has 0 aromatic heterocycles. The van der Waals surface area contributed by atoms with Gasteiger partial charge in [0.15, 0.2) is 0 Å². The zero-order valence-electron chi connectivity index (χ0n) is 20.9. The topological polar surface area (TPSA) is 94.1 Å². The van der Waals surface area contributed by atoms with Crippen molar-refractivity contribution in [1.82, 2.24) is 5.32 Å². The fourth-order valence-electron chi connectivity index (χ4n) is 3.58. The van der Waals surface area contributed by atoms with Crippen molar-refractivity contribution in [2.45, 2.75) is 64.8 Å². The Balaban J connectivity index is 1.69.